The Morgan fingerprint density at radius 3 is 3.12 bits per heavy atom. The molecular weight excluding hydrogens is 286 g/mol. The van der Waals surface area contributed by atoms with Crippen molar-refractivity contribution in [3.63, 3.8) is 0 Å². The number of hydrogen-bond donors (Lipinski definition) is 1. The van der Waals surface area contributed by atoms with E-state index in [-0.39, 0.29) is 0 Å². The number of nitrogens with zero attached hydrogens (tertiary/aromatic N) is 2. The van der Waals surface area contributed by atoms with Gasteiger partial charge in [-0.3, -0.25) is 4.68 Å². The Morgan fingerprint density at radius 1 is 1.56 bits per heavy atom. The molecule has 0 aromatic carbocycles. The largest absolute Gasteiger partial charge is 0.378 e. The van der Waals surface area contributed by atoms with Crippen molar-refractivity contribution in [1.82, 2.24) is 9.78 Å². The minimum atomic E-state index is 0.847. The number of nitrogens with one attached hydrogen (secondary N) is 1. The van der Waals surface area contributed by atoms with Crippen molar-refractivity contribution in [2.24, 2.45) is 0 Å². The molecule has 2 aromatic rings. The number of halogens is 1. The molecule has 86 valence electrons. The van der Waals surface area contributed by atoms with Crippen LogP contribution in [-0.4, -0.2) is 9.78 Å². The van der Waals surface area contributed by atoms with E-state index in [1.807, 2.05) is 17.1 Å². The van der Waals surface area contributed by atoms with Gasteiger partial charge in [-0.05, 0) is 39.4 Å². The molecule has 0 amide bonds. The number of anilines is 1. The lowest BCUT2D eigenvalue weighted by Crippen LogP contribution is -1.98. The standard InChI is InChI=1S/C11H14BrN3S/c1-2-3-15-7-10(6-14-15)13-5-9-4-11(12)16-8-9/h4,6-8,13H,2-3,5H2,1H3. The first-order valence-electron chi connectivity index (χ1n) is 5.27. The molecule has 0 aliphatic carbocycles. The Hall–Kier alpha value is -0.810. The van der Waals surface area contributed by atoms with Gasteiger partial charge in [-0.1, -0.05) is 6.92 Å². The number of rotatable bonds is 5. The van der Waals surface area contributed by atoms with Crippen LogP contribution >= 0.6 is 27.3 Å². The van der Waals surface area contributed by atoms with E-state index in [2.05, 4.69) is 44.7 Å². The van der Waals surface area contributed by atoms with Crippen LogP contribution in [0.15, 0.2) is 27.6 Å². The summed E-state index contributed by atoms with van der Waals surface area (Å²) in [5.41, 5.74) is 2.37. The minimum Gasteiger partial charge on any atom is -0.378 e. The third-order valence-corrected chi connectivity index (χ3v) is 3.76. The molecule has 0 saturated heterocycles. The summed E-state index contributed by atoms with van der Waals surface area (Å²) in [6, 6.07) is 2.13. The van der Waals surface area contributed by atoms with Crippen LogP contribution in [0.1, 0.15) is 18.9 Å². The number of thiophene rings is 1. The topological polar surface area (TPSA) is 29.9 Å². The monoisotopic (exact) mass is 299 g/mol. The van der Waals surface area contributed by atoms with Gasteiger partial charge in [-0.25, -0.2) is 0 Å². The Labute approximate surface area is 108 Å². The molecule has 16 heavy (non-hydrogen) atoms. The molecular formula is C11H14BrN3S. The highest BCUT2D eigenvalue weighted by molar-refractivity contribution is 9.11. The lowest BCUT2D eigenvalue weighted by molar-refractivity contribution is 0.603. The average molecular weight is 300 g/mol. The normalized spacial score (nSPS) is 10.6. The van der Waals surface area contributed by atoms with Crippen molar-refractivity contribution in [3.05, 3.63) is 33.2 Å². The molecule has 0 aliphatic heterocycles. The van der Waals surface area contributed by atoms with Crippen LogP contribution in [0.2, 0.25) is 0 Å². The zero-order valence-electron chi connectivity index (χ0n) is 9.11. The molecule has 0 bridgehead atoms. The van der Waals surface area contributed by atoms with Crippen molar-refractivity contribution in [2.45, 2.75) is 26.4 Å². The lowest BCUT2D eigenvalue weighted by atomic mass is 10.3. The summed E-state index contributed by atoms with van der Waals surface area (Å²) in [5, 5.41) is 9.77. The van der Waals surface area contributed by atoms with E-state index in [4.69, 9.17) is 0 Å². The van der Waals surface area contributed by atoms with Crippen LogP contribution < -0.4 is 5.32 Å². The molecule has 0 unspecified atom stereocenters. The average Bonchev–Trinajstić information content (AvgIpc) is 2.85. The summed E-state index contributed by atoms with van der Waals surface area (Å²) in [5.74, 6) is 0. The molecule has 3 nitrogen and oxygen atoms in total. The van der Waals surface area contributed by atoms with E-state index in [0.717, 1.165) is 25.2 Å². The van der Waals surface area contributed by atoms with Crippen molar-refractivity contribution in [1.29, 1.82) is 0 Å². The number of hydrogen-bond acceptors (Lipinski definition) is 3. The van der Waals surface area contributed by atoms with Gasteiger partial charge in [0.15, 0.2) is 0 Å². The fourth-order valence-corrected chi connectivity index (χ4v) is 2.66. The Morgan fingerprint density at radius 2 is 2.44 bits per heavy atom. The summed E-state index contributed by atoms with van der Waals surface area (Å²) in [4.78, 5) is 0. The Bertz CT molecular complexity index is 450. The lowest BCUT2D eigenvalue weighted by Gasteiger charge is -2.00. The van der Waals surface area contributed by atoms with Gasteiger partial charge in [-0.15, -0.1) is 11.3 Å². The van der Waals surface area contributed by atoms with Crippen molar-refractivity contribution >= 4 is 33.0 Å². The zero-order chi connectivity index (χ0) is 11.4. The summed E-state index contributed by atoms with van der Waals surface area (Å²) < 4.78 is 3.14. The Balaban J connectivity index is 1.89. The van der Waals surface area contributed by atoms with E-state index in [1.165, 1.54) is 9.35 Å². The van der Waals surface area contributed by atoms with Gasteiger partial charge in [0.1, 0.15) is 0 Å². The van der Waals surface area contributed by atoms with Crippen LogP contribution in [-0.2, 0) is 13.1 Å². The molecule has 0 spiro atoms. The van der Waals surface area contributed by atoms with E-state index >= 15 is 0 Å². The number of aryl methyl sites for hydroxylation is 1. The first-order valence-corrected chi connectivity index (χ1v) is 6.94. The summed E-state index contributed by atoms with van der Waals surface area (Å²) >= 11 is 5.17. The zero-order valence-corrected chi connectivity index (χ0v) is 11.5. The fraction of sp³-hybridized carbons (Fsp3) is 0.364. The molecule has 2 rings (SSSR count). The van der Waals surface area contributed by atoms with Gasteiger partial charge in [0, 0.05) is 19.3 Å². The maximum absolute atomic E-state index is 4.27. The van der Waals surface area contributed by atoms with Crippen LogP contribution in [0, 0.1) is 0 Å². The molecule has 0 radical (unpaired) electrons. The predicted molar refractivity (Wildman–Crippen MR) is 71.9 cm³/mol. The molecule has 0 fully saturated rings. The first-order chi connectivity index (χ1) is 7.78. The molecule has 0 atom stereocenters. The van der Waals surface area contributed by atoms with Gasteiger partial charge < -0.3 is 5.32 Å². The van der Waals surface area contributed by atoms with Gasteiger partial charge in [0.2, 0.25) is 0 Å². The fourth-order valence-electron chi connectivity index (χ4n) is 1.45. The van der Waals surface area contributed by atoms with E-state index < -0.39 is 0 Å². The molecule has 0 aliphatic rings. The van der Waals surface area contributed by atoms with E-state index in [1.54, 1.807) is 11.3 Å². The number of aromatic nitrogens is 2. The summed E-state index contributed by atoms with van der Waals surface area (Å²) in [6.07, 6.45) is 5.03. The maximum Gasteiger partial charge on any atom is 0.0729 e. The van der Waals surface area contributed by atoms with Crippen LogP contribution in [0.5, 0.6) is 0 Å². The molecule has 2 heterocycles. The van der Waals surface area contributed by atoms with Gasteiger partial charge >= 0.3 is 0 Å². The van der Waals surface area contributed by atoms with Crippen LogP contribution in [0.4, 0.5) is 5.69 Å². The summed E-state index contributed by atoms with van der Waals surface area (Å²) in [7, 11) is 0. The highest BCUT2D eigenvalue weighted by Crippen LogP contribution is 2.21. The highest BCUT2D eigenvalue weighted by atomic mass is 79.9. The van der Waals surface area contributed by atoms with E-state index in [9.17, 15) is 0 Å². The molecule has 0 saturated carbocycles. The van der Waals surface area contributed by atoms with Crippen molar-refractivity contribution < 1.29 is 0 Å². The second kappa shape index (κ2) is 5.50. The minimum absolute atomic E-state index is 0.847. The third-order valence-electron chi connectivity index (χ3n) is 2.20. The molecule has 5 heteroatoms. The van der Waals surface area contributed by atoms with Crippen molar-refractivity contribution in [2.75, 3.05) is 5.32 Å². The SMILES string of the molecule is CCCn1cc(NCc2csc(Br)c2)cn1. The van der Waals surface area contributed by atoms with Crippen LogP contribution in [0.25, 0.3) is 0 Å². The maximum atomic E-state index is 4.27. The molecule has 1 N–H and O–H groups in total. The van der Waals surface area contributed by atoms with Crippen LogP contribution in [0.3, 0.4) is 0 Å². The highest BCUT2D eigenvalue weighted by Gasteiger charge is 1.99. The van der Waals surface area contributed by atoms with Gasteiger partial charge in [0.25, 0.3) is 0 Å². The quantitative estimate of drug-likeness (QED) is 0.912. The van der Waals surface area contributed by atoms with Crippen molar-refractivity contribution in [3.8, 4) is 0 Å². The first kappa shape index (κ1) is 11.7. The van der Waals surface area contributed by atoms with Gasteiger partial charge in [-0.2, -0.15) is 5.10 Å². The van der Waals surface area contributed by atoms with Gasteiger partial charge in [0.05, 0.1) is 15.7 Å². The smallest absolute Gasteiger partial charge is 0.0729 e. The third kappa shape index (κ3) is 3.09. The Kier molecular flexibility index (Phi) is 4.01. The molecule has 2 aromatic heterocycles. The second-order valence-corrected chi connectivity index (χ2v) is 5.90. The predicted octanol–water partition coefficient (Wildman–Crippen LogP) is 3.73. The summed E-state index contributed by atoms with van der Waals surface area (Å²) in [6.45, 7) is 3.98. The second-order valence-electron chi connectivity index (χ2n) is 3.60. The van der Waals surface area contributed by atoms with E-state index in [0.29, 0.717) is 0 Å².